The molecule has 3 aromatic heterocycles. The van der Waals surface area contributed by atoms with E-state index in [-0.39, 0.29) is 11.8 Å². The summed E-state index contributed by atoms with van der Waals surface area (Å²) in [6.45, 7) is 6.29. The first-order chi connectivity index (χ1) is 12.6. The summed E-state index contributed by atoms with van der Waals surface area (Å²) in [4.78, 5) is 27.0. The summed E-state index contributed by atoms with van der Waals surface area (Å²) in [5, 5.41) is 1.13. The Morgan fingerprint density at radius 1 is 1.38 bits per heavy atom. The van der Waals surface area contributed by atoms with Crippen molar-refractivity contribution in [2.75, 3.05) is 13.1 Å². The highest BCUT2D eigenvalue weighted by Crippen LogP contribution is 2.29. The van der Waals surface area contributed by atoms with Crippen molar-refractivity contribution < 1.29 is 4.79 Å². The van der Waals surface area contributed by atoms with Gasteiger partial charge in [0.15, 0.2) is 0 Å². The van der Waals surface area contributed by atoms with Crippen molar-refractivity contribution in [2.45, 2.75) is 39.2 Å². The lowest BCUT2D eigenvalue weighted by Crippen LogP contribution is -2.42. The highest BCUT2D eigenvalue weighted by atomic mass is 16.2. The van der Waals surface area contributed by atoms with Crippen LogP contribution in [0.4, 0.5) is 0 Å². The normalized spacial score (nSPS) is 19.0. The van der Waals surface area contributed by atoms with Crippen LogP contribution in [0.2, 0.25) is 0 Å². The number of aromatic nitrogens is 4. The second-order valence-corrected chi connectivity index (χ2v) is 7.32. The van der Waals surface area contributed by atoms with Crippen LogP contribution in [0.5, 0.6) is 0 Å². The third-order valence-electron chi connectivity index (χ3n) is 5.40. The maximum atomic E-state index is 13.0. The van der Waals surface area contributed by atoms with Crippen LogP contribution in [-0.2, 0) is 11.3 Å². The van der Waals surface area contributed by atoms with Crippen molar-refractivity contribution in [3.05, 3.63) is 48.3 Å². The topological polar surface area (TPSA) is 66.8 Å². The van der Waals surface area contributed by atoms with E-state index in [4.69, 9.17) is 0 Å². The van der Waals surface area contributed by atoms with E-state index in [0.717, 1.165) is 42.8 Å². The molecule has 0 radical (unpaired) electrons. The predicted molar refractivity (Wildman–Crippen MR) is 101 cm³/mol. The molecule has 1 fully saturated rings. The molecule has 136 valence electrons. The molecule has 1 amide bonds. The van der Waals surface area contributed by atoms with E-state index in [2.05, 4.69) is 27.1 Å². The van der Waals surface area contributed by atoms with Gasteiger partial charge < -0.3 is 14.5 Å². The van der Waals surface area contributed by atoms with E-state index in [9.17, 15) is 4.79 Å². The molecular formula is C20H25N5O. The average molecular weight is 351 g/mol. The van der Waals surface area contributed by atoms with Gasteiger partial charge in [-0.3, -0.25) is 4.79 Å². The van der Waals surface area contributed by atoms with E-state index in [1.807, 2.05) is 35.6 Å². The van der Waals surface area contributed by atoms with Crippen molar-refractivity contribution in [2.24, 2.45) is 5.92 Å². The number of aryl methyl sites for hydroxylation is 1. The summed E-state index contributed by atoms with van der Waals surface area (Å²) in [6, 6.07) is 6.21. The summed E-state index contributed by atoms with van der Waals surface area (Å²) >= 11 is 0. The number of pyridine rings is 1. The van der Waals surface area contributed by atoms with E-state index >= 15 is 0 Å². The molecule has 3 aromatic rings. The number of nitrogens with one attached hydrogen (secondary N) is 1. The Bertz CT molecular complexity index is 879. The van der Waals surface area contributed by atoms with Crippen molar-refractivity contribution in [1.82, 2.24) is 24.4 Å². The molecule has 0 bridgehead atoms. The summed E-state index contributed by atoms with van der Waals surface area (Å²) in [5.74, 6) is 1.49. The van der Waals surface area contributed by atoms with E-state index in [1.54, 1.807) is 12.4 Å². The van der Waals surface area contributed by atoms with Crippen LogP contribution in [0.25, 0.3) is 11.0 Å². The fraction of sp³-hybridized carbons (Fsp3) is 0.450. The quantitative estimate of drug-likeness (QED) is 0.785. The number of likely N-dealkylation sites (tertiary alicyclic amines) is 1. The molecule has 6 heteroatoms. The maximum absolute atomic E-state index is 13.0. The predicted octanol–water partition coefficient (Wildman–Crippen LogP) is 3.11. The number of amides is 1. The van der Waals surface area contributed by atoms with Gasteiger partial charge in [0.25, 0.3) is 0 Å². The zero-order valence-corrected chi connectivity index (χ0v) is 15.4. The fourth-order valence-corrected chi connectivity index (χ4v) is 3.91. The molecule has 0 spiro atoms. The van der Waals surface area contributed by atoms with Gasteiger partial charge in [-0.15, -0.1) is 0 Å². The molecule has 0 aliphatic carbocycles. The Labute approximate surface area is 153 Å². The lowest BCUT2D eigenvalue weighted by atomic mass is 9.94. The second kappa shape index (κ2) is 6.94. The molecule has 6 nitrogen and oxygen atoms in total. The standard InChI is InChI=1S/C20H25N5O/c1-14(12-24-10-8-21-15(24)2)20(26)25-9-4-6-17(13-25)18-11-16-5-3-7-22-19(16)23-18/h3,5,7-8,10-11,14,17H,4,6,9,12-13H2,1-2H3,(H,22,23). The summed E-state index contributed by atoms with van der Waals surface area (Å²) in [6.07, 6.45) is 7.67. The van der Waals surface area contributed by atoms with Gasteiger partial charge in [-0.1, -0.05) is 6.92 Å². The van der Waals surface area contributed by atoms with E-state index in [1.165, 1.54) is 5.69 Å². The SMILES string of the molecule is Cc1nccn1CC(C)C(=O)N1CCCC(c2cc3cccnc3[nH]2)C1. The number of H-pyrrole nitrogens is 1. The lowest BCUT2D eigenvalue weighted by molar-refractivity contribution is -0.136. The fourth-order valence-electron chi connectivity index (χ4n) is 3.91. The number of fused-ring (bicyclic) bond motifs is 1. The average Bonchev–Trinajstić information content (AvgIpc) is 3.27. The van der Waals surface area contributed by atoms with Gasteiger partial charge >= 0.3 is 0 Å². The number of nitrogens with zero attached hydrogens (tertiary/aromatic N) is 4. The molecule has 1 N–H and O–H groups in total. The summed E-state index contributed by atoms with van der Waals surface area (Å²) in [5.41, 5.74) is 2.12. The lowest BCUT2D eigenvalue weighted by Gasteiger charge is -2.34. The molecule has 1 aliphatic rings. The summed E-state index contributed by atoms with van der Waals surface area (Å²) < 4.78 is 2.05. The number of carbonyl (C=O) groups is 1. The second-order valence-electron chi connectivity index (χ2n) is 7.32. The highest BCUT2D eigenvalue weighted by Gasteiger charge is 2.28. The molecule has 26 heavy (non-hydrogen) atoms. The Balaban J connectivity index is 1.45. The van der Waals surface area contributed by atoms with Gasteiger partial charge in [0, 0.05) is 55.2 Å². The highest BCUT2D eigenvalue weighted by molar-refractivity contribution is 5.79. The third-order valence-corrected chi connectivity index (χ3v) is 5.40. The van der Waals surface area contributed by atoms with Gasteiger partial charge in [0.05, 0.1) is 5.92 Å². The van der Waals surface area contributed by atoms with Crippen LogP contribution in [0.1, 0.15) is 37.2 Å². The number of imidazole rings is 1. The van der Waals surface area contributed by atoms with Gasteiger partial charge in [-0.25, -0.2) is 9.97 Å². The van der Waals surface area contributed by atoms with Crippen molar-refractivity contribution in [1.29, 1.82) is 0 Å². The molecule has 2 atom stereocenters. The van der Waals surface area contributed by atoms with Crippen LogP contribution in [0, 0.1) is 12.8 Å². The van der Waals surface area contributed by atoms with Crippen molar-refractivity contribution >= 4 is 16.9 Å². The number of aromatic amines is 1. The van der Waals surface area contributed by atoms with Gasteiger partial charge in [-0.2, -0.15) is 0 Å². The minimum atomic E-state index is -0.0500. The minimum absolute atomic E-state index is 0.0500. The molecule has 4 rings (SSSR count). The van der Waals surface area contributed by atoms with E-state index < -0.39 is 0 Å². The van der Waals surface area contributed by atoms with Crippen molar-refractivity contribution in [3.63, 3.8) is 0 Å². The Hall–Kier alpha value is -2.63. The third kappa shape index (κ3) is 3.23. The van der Waals surface area contributed by atoms with Crippen LogP contribution in [-0.4, -0.2) is 43.4 Å². The largest absolute Gasteiger partial charge is 0.343 e. The number of hydrogen-bond acceptors (Lipinski definition) is 3. The Morgan fingerprint density at radius 3 is 3.04 bits per heavy atom. The number of piperidine rings is 1. The van der Waals surface area contributed by atoms with Crippen LogP contribution >= 0.6 is 0 Å². The number of rotatable bonds is 4. The van der Waals surface area contributed by atoms with Crippen LogP contribution in [0.15, 0.2) is 36.8 Å². The molecular weight excluding hydrogens is 326 g/mol. The zero-order chi connectivity index (χ0) is 18.1. The first-order valence-electron chi connectivity index (χ1n) is 9.32. The van der Waals surface area contributed by atoms with Crippen LogP contribution in [0.3, 0.4) is 0 Å². The van der Waals surface area contributed by atoms with Gasteiger partial charge in [0.1, 0.15) is 11.5 Å². The Kier molecular flexibility index (Phi) is 4.49. The van der Waals surface area contributed by atoms with Crippen molar-refractivity contribution in [3.8, 4) is 0 Å². The first kappa shape index (κ1) is 16.8. The van der Waals surface area contributed by atoms with E-state index in [0.29, 0.717) is 12.5 Å². The molecule has 1 aliphatic heterocycles. The first-order valence-corrected chi connectivity index (χ1v) is 9.32. The number of carbonyl (C=O) groups excluding carboxylic acids is 1. The molecule has 0 aromatic carbocycles. The number of hydrogen-bond donors (Lipinski definition) is 1. The smallest absolute Gasteiger partial charge is 0.227 e. The molecule has 0 saturated carbocycles. The van der Waals surface area contributed by atoms with Crippen LogP contribution < -0.4 is 0 Å². The van der Waals surface area contributed by atoms with Gasteiger partial charge in [0.2, 0.25) is 5.91 Å². The Morgan fingerprint density at radius 2 is 2.27 bits per heavy atom. The maximum Gasteiger partial charge on any atom is 0.227 e. The minimum Gasteiger partial charge on any atom is -0.343 e. The monoisotopic (exact) mass is 351 g/mol. The zero-order valence-electron chi connectivity index (χ0n) is 15.4. The molecule has 2 unspecified atom stereocenters. The van der Waals surface area contributed by atoms with Gasteiger partial charge in [-0.05, 0) is 38.0 Å². The molecule has 4 heterocycles. The summed E-state index contributed by atoms with van der Waals surface area (Å²) in [7, 11) is 0. The molecule has 1 saturated heterocycles.